The lowest BCUT2D eigenvalue weighted by atomic mass is 10.2. The molecule has 0 unspecified atom stereocenters. The average Bonchev–Trinajstić information content (AvgIpc) is 3.09. The van der Waals surface area contributed by atoms with Gasteiger partial charge in [0, 0.05) is 11.6 Å². The standard InChI is InChI=1S/C20H21ClN4O3/c1-12-5-7-15(10-16(12)21)25-13(2)19(23-24-25)20(26)22-11-14-6-8-17(27-3)18(9-14)28-4/h5-10H,11H2,1-4H3,(H,22,26). The highest BCUT2D eigenvalue weighted by molar-refractivity contribution is 6.31. The minimum Gasteiger partial charge on any atom is -0.493 e. The predicted molar refractivity (Wildman–Crippen MR) is 107 cm³/mol. The van der Waals surface area contributed by atoms with Gasteiger partial charge in [0.25, 0.3) is 5.91 Å². The van der Waals surface area contributed by atoms with Crippen LogP contribution in [0, 0.1) is 13.8 Å². The van der Waals surface area contributed by atoms with Gasteiger partial charge in [-0.1, -0.05) is 28.9 Å². The van der Waals surface area contributed by atoms with Crippen molar-refractivity contribution in [1.82, 2.24) is 20.3 Å². The first-order chi connectivity index (χ1) is 13.4. The lowest BCUT2D eigenvalue weighted by Gasteiger charge is -2.10. The number of halogens is 1. The van der Waals surface area contributed by atoms with Gasteiger partial charge in [-0.3, -0.25) is 4.79 Å². The van der Waals surface area contributed by atoms with Gasteiger partial charge in [-0.15, -0.1) is 5.10 Å². The summed E-state index contributed by atoms with van der Waals surface area (Å²) in [6.45, 7) is 4.04. The van der Waals surface area contributed by atoms with Crippen molar-refractivity contribution < 1.29 is 14.3 Å². The van der Waals surface area contributed by atoms with Crippen molar-refractivity contribution in [1.29, 1.82) is 0 Å². The average molecular weight is 401 g/mol. The van der Waals surface area contributed by atoms with Crippen LogP contribution in [0.25, 0.3) is 5.69 Å². The second kappa shape index (κ2) is 8.31. The van der Waals surface area contributed by atoms with Crippen LogP contribution in [0.3, 0.4) is 0 Å². The zero-order valence-corrected chi connectivity index (χ0v) is 16.9. The number of aryl methyl sites for hydroxylation is 1. The summed E-state index contributed by atoms with van der Waals surface area (Å²) in [5.41, 5.74) is 3.49. The molecule has 0 bridgehead atoms. The summed E-state index contributed by atoms with van der Waals surface area (Å²) < 4.78 is 12.1. The molecule has 1 amide bonds. The van der Waals surface area contributed by atoms with Crippen LogP contribution >= 0.6 is 11.6 Å². The van der Waals surface area contributed by atoms with Crippen molar-refractivity contribution in [2.45, 2.75) is 20.4 Å². The van der Waals surface area contributed by atoms with Crippen molar-refractivity contribution in [3.05, 3.63) is 63.9 Å². The van der Waals surface area contributed by atoms with Gasteiger partial charge < -0.3 is 14.8 Å². The van der Waals surface area contributed by atoms with Crippen LogP contribution in [0.2, 0.25) is 5.02 Å². The molecule has 28 heavy (non-hydrogen) atoms. The van der Waals surface area contributed by atoms with Gasteiger partial charge in [-0.2, -0.15) is 0 Å². The minimum atomic E-state index is -0.309. The third kappa shape index (κ3) is 3.94. The van der Waals surface area contributed by atoms with Crippen molar-refractivity contribution in [2.75, 3.05) is 14.2 Å². The lowest BCUT2D eigenvalue weighted by Crippen LogP contribution is -2.24. The first kappa shape index (κ1) is 19.7. The monoisotopic (exact) mass is 400 g/mol. The maximum Gasteiger partial charge on any atom is 0.274 e. The van der Waals surface area contributed by atoms with Gasteiger partial charge in [-0.05, 0) is 49.2 Å². The summed E-state index contributed by atoms with van der Waals surface area (Å²) in [6.07, 6.45) is 0. The highest BCUT2D eigenvalue weighted by Crippen LogP contribution is 2.27. The molecule has 0 saturated heterocycles. The van der Waals surface area contributed by atoms with Crippen molar-refractivity contribution in [2.24, 2.45) is 0 Å². The Morgan fingerprint density at radius 1 is 1.11 bits per heavy atom. The highest BCUT2D eigenvalue weighted by atomic mass is 35.5. The molecule has 1 N–H and O–H groups in total. The zero-order chi connectivity index (χ0) is 20.3. The number of ether oxygens (including phenoxy) is 2. The third-order valence-electron chi connectivity index (χ3n) is 4.41. The largest absolute Gasteiger partial charge is 0.493 e. The van der Waals surface area contributed by atoms with Gasteiger partial charge in [0.2, 0.25) is 0 Å². The van der Waals surface area contributed by atoms with Gasteiger partial charge in [0.1, 0.15) is 0 Å². The third-order valence-corrected chi connectivity index (χ3v) is 4.82. The summed E-state index contributed by atoms with van der Waals surface area (Å²) in [5.74, 6) is 0.928. The molecule has 2 aromatic carbocycles. The fourth-order valence-electron chi connectivity index (χ4n) is 2.75. The molecule has 146 valence electrons. The van der Waals surface area contributed by atoms with Crippen molar-refractivity contribution in [3.8, 4) is 17.2 Å². The zero-order valence-electron chi connectivity index (χ0n) is 16.1. The molecule has 3 aromatic rings. The van der Waals surface area contributed by atoms with E-state index < -0.39 is 0 Å². The maximum atomic E-state index is 12.6. The number of benzene rings is 2. The number of rotatable bonds is 6. The Labute approximate surface area is 168 Å². The summed E-state index contributed by atoms with van der Waals surface area (Å²) in [5, 5.41) is 11.6. The minimum absolute atomic E-state index is 0.261. The van der Waals surface area contributed by atoms with Crippen LogP contribution in [0.15, 0.2) is 36.4 Å². The molecule has 0 aliphatic rings. The van der Waals surface area contributed by atoms with E-state index in [9.17, 15) is 4.79 Å². The van der Waals surface area contributed by atoms with Gasteiger partial charge in [-0.25, -0.2) is 4.68 Å². The Morgan fingerprint density at radius 2 is 1.86 bits per heavy atom. The number of aromatic nitrogens is 3. The van der Waals surface area contributed by atoms with Crippen LogP contribution in [0.5, 0.6) is 11.5 Å². The smallest absolute Gasteiger partial charge is 0.274 e. The Hall–Kier alpha value is -3.06. The van der Waals surface area contributed by atoms with Crippen LogP contribution in [0.4, 0.5) is 0 Å². The fourth-order valence-corrected chi connectivity index (χ4v) is 2.93. The molecule has 0 aliphatic heterocycles. The molecular formula is C20H21ClN4O3. The van der Waals surface area contributed by atoms with Crippen LogP contribution < -0.4 is 14.8 Å². The van der Waals surface area contributed by atoms with E-state index in [2.05, 4.69) is 15.6 Å². The molecule has 0 radical (unpaired) electrons. The molecule has 0 aliphatic carbocycles. The van der Waals surface area contributed by atoms with Crippen LogP contribution in [-0.2, 0) is 6.54 Å². The molecular weight excluding hydrogens is 380 g/mol. The number of amides is 1. The Bertz CT molecular complexity index is 1020. The Morgan fingerprint density at radius 3 is 2.54 bits per heavy atom. The van der Waals surface area contributed by atoms with E-state index in [0.717, 1.165) is 16.8 Å². The lowest BCUT2D eigenvalue weighted by molar-refractivity contribution is 0.0945. The van der Waals surface area contributed by atoms with E-state index in [1.165, 1.54) is 0 Å². The molecule has 0 saturated carbocycles. The first-order valence-electron chi connectivity index (χ1n) is 8.62. The number of carbonyl (C=O) groups excluding carboxylic acids is 1. The fraction of sp³-hybridized carbons (Fsp3) is 0.250. The number of nitrogens with zero attached hydrogens (tertiary/aromatic N) is 3. The number of nitrogens with one attached hydrogen (secondary N) is 1. The summed E-state index contributed by atoms with van der Waals surface area (Å²) >= 11 is 6.19. The molecule has 0 fully saturated rings. The van der Waals surface area contributed by atoms with E-state index >= 15 is 0 Å². The summed E-state index contributed by atoms with van der Waals surface area (Å²) in [6, 6.07) is 11.0. The SMILES string of the molecule is COc1ccc(CNC(=O)c2nnn(-c3ccc(C)c(Cl)c3)c2C)cc1OC. The molecule has 3 rings (SSSR count). The second-order valence-corrected chi connectivity index (χ2v) is 6.65. The number of hydrogen-bond acceptors (Lipinski definition) is 5. The number of carbonyl (C=O) groups is 1. The van der Waals surface area contributed by atoms with E-state index in [1.807, 2.05) is 31.2 Å². The van der Waals surface area contributed by atoms with Gasteiger partial charge in [0.15, 0.2) is 17.2 Å². The number of hydrogen-bond donors (Lipinski definition) is 1. The molecule has 0 atom stereocenters. The van der Waals surface area contributed by atoms with Gasteiger partial charge in [0.05, 0.1) is 25.6 Å². The molecule has 1 aromatic heterocycles. The van der Waals surface area contributed by atoms with Crippen LogP contribution in [-0.4, -0.2) is 35.1 Å². The van der Waals surface area contributed by atoms with E-state index in [0.29, 0.717) is 28.8 Å². The van der Waals surface area contributed by atoms with Crippen LogP contribution in [0.1, 0.15) is 27.3 Å². The van der Waals surface area contributed by atoms with Gasteiger partial charge >= 0.3 is 0 Å². The molecule has 7 nitrogen and oxygen atoms in total. The second-order valence-electron chi connectivity index (χ2n) is 6.24. The highest BCUT2D eigenvalue weighted by Gasteiger charge is 2.17. The molecule has 8 heteroatoms. The predicted octanol–water partition coefficient (Wildman–Crippen LogP) is 3.48. The first-order valence-corrected chi connectivity index (χ1v) is 9.00. The normalized spacial score (nSPS) is 10.6. The maximum absolute atomic E-state index is 12.6. The van der Waals surface area contributed by atoms with Crippen molar-refractivity contribution >= 4 is 17.5 Å². The molecule has 0 spiro atoms. The van der Waals surface area contributed by atoms with E-state index in [-0.39, 0.29) is 11.6 Å². The topological polar surface area (TPSA) is 78.3 Å². The van der Waals surface area contributed by atoms with E-state index in [4.69, 9.17) is 21.1 Å². The summed E-state index contributed by atoms with van der Waals surface area (Å²) in [7, 11) is 3.14. The summed E-state index contributed by atoms with van der Waals surface area (Å²) in [4.78, 5) is 12.6. The number of methoxy groups -OCH3 is 2. The Balaban J connectivity index is 1.75. The molecule has 1 heterocycles. The quantitative estimate of drug-likeness (QED) is 0.685. The van der Waals surface area contributed by atoms with E-state index in [1.54, 1.807) is 38.0 Å². The Kier molecular flexibility index (Phi) is 5.84. The van der Waals surface area contributed by atoms with Crippen molar-refractivity contribution in [3.63, 3.8) is 0 Å².